The highest BCUT2D eigenvalue weighted by Gasteiger charge is 2.38. The van der Waals surface area contributed by atoms with Crippen molar-refractivity contribution in [3.63, 3.8) is 0 Å². The summed E-state index contributed by atoms with van der Waals surface area (Å²) in [6, 6.07) is 12.7. The molecule has 204 valence electrons. The topological polar surface area (TPSA) is 75.7 Å². The zero-order chi connectivity index (χ0) is 27.5. The van der Waals surface area contributed by atoms with E-state index in [1.54, 1.807) is 19.2 Å². The lowest BCUT2D eigenvalue weighted by Gasteiger charge is -2.43. The maximum absolute atomic E-state index is 13.8. The number of methoxy groups -OCH3 is 1. The summed E-state index contributed by atoms with van der Waals surface area (Å²) >= 11 is 0. The number of hydrogen-bond acceptors (Lipinski definition) is 4. The van der Waals surface area contributed by atoms with Gasteiger partial charge in [0.25, 0.3) is 5.91 Å². The summed E-state index contributed by atoms with van der Waals surface area (Å²) in [4.78, 5) is 16.0. The number of benzene rings is 2. The maximum Gasteiger partial charge on any atom is 0.298 e. The molecule has 1 N–H and O–H groups in total. The Morgan fingerprint density at radius 1 is 1.13 bits per heavy atom. The molecule has 1 heterocycles. The Bertz CT molecular complexity index is 1320. The molecule has 0 radical (unpaired) electrons. The summed E-state index contributed by atoms with van der Waals surface area (Å²) in [5.41, 5.74) is 6.32. The molecule has 1 saturated carbocycles. The number of rotatable bonds is 8. The number of carbonyl (C=O) groups excluding carboxylic acids is 1. The van der Waals surface area contributed by atoms with E-state index in [1.807, 2.05) is 29.2 Å². The minimum absolute atomic E-state index is 0.00770. The van der Waals surface area contributed by atoms with Crippen molar-refractivity contribution in [2.45, 2.75) is 94.5 Å². The van der Waals surface area contributed by atoms with E-state index in [2.05, 4.69) is 48.8 Å². The molecule has 2 aliphatic rings. The first-order chi connectivity index (χ1) is 18.0. The summed E-state index contributed by atoms with van der Waals surface area (Å²) in [6.07, 6.45) is 6.48. The molecular weight excluding hydrogens is 512 g/mol. The summed E-state index contributed by atoms with van der Waals surface area (Å²) in [6.45, 7) is 8.56. The SMILES string of the molecule is CCCC[C@H]1Cc2cc(OC)ccc2[C@H](c2ccc(S(=O)(=O)NC3CCC3)cc2)N1C(=O)C#C[Si](C)(C)C. The van der Waals surface area contributed by atoms with Gasteiger partial charge in [-0.25, -0.2) is 13.1 Å². The van der Waals surface area contributed by atoms with Crippen molar-refractivity contribution < 1.29 is 17.9 Å². The third-order valence-electron chi connectivity index (χ3n) is 7.37. The van der Waals surface area contributed by atoms with Gasteiger partial charge >= 0.3 is 0 Å². The molecule has 0 spiro atoms. The normalized spacial score (nSPS) is 19.7. The van der Waals surface area contributed by atoms with Crippen molar-refractivity contribution >= 4 is 24.0 Å². The van der Waals surface area contributed by atoms with Gasteiger partial charge in [-0.2, -0.15) is 0 Å². The number of sulfonamides is 1. The van der Waals surface area contributed by atoms with Crippen LogP contribution in [0.3, 0.4) is 0 Å². The molecule has 8 heteroatoms. The fourth-order valence-electron chi connectivity index (χ4n) is 5.12. The molecule has 1 aliphatic carbocycles. The highest BCUT2D eigenvalue weighted by Crippen LogP contribution is 2.41. The average molecular weight is 553 g/mol. The van der Waals surface area contributed by atoms with Crippen LogP contribution in [0, 0.1) is 11.5 Å². The lowest BCUT2D eigenvalue weighted by atomic mass is 9.83. The fraction of sp³-hybridized carbons (Fsp3) is 0.500. The van der Waals surface area contributed by atoms with Crippen LogP contribution < -0.4 is 9.46 Å². The van der Waals surface area contributed by atoms with E-state index in [-0.39, 0.29) is 28.9 Å². The van der Waals surface area contributed by atoms with E-state index in [9.17, 15) is 13.2 Å². The standard InChI is InChI=1S/C30H40N2O4SSi/c1-6-7-11-25-20-23-21-26(36-2)14-17-28(23)30(32(25)29(33)18-19-38(3,4)5)22-12-15-27(16-13-22)37(34,35)31-24-9-8-10-24/h12-17,21,24-25,30-31H,6-11,20H2,1-5H3/t25-,30-/m0/s1. The van der Waals surface area contributed by atoms with E-state index < -0.39 is 18.1 Å². The number of ether oxygens (including phenoxy) is 1. The second-order valence-corrected chi connectivity index (χ2v) is 18.0. The molecule has 0 aromatic heterocycles. The number of carbonyl (C=O) groups is 1. The molecule has 38 heavy (non-hydrogen) atoms. The van der Waals surface area contributed by atoms with Crippen molar-refractivity contribution in [3.05, 3.63) is 59.2 Å². The van der Waals surface area contributed by atoms with E-state index in [0.29, 0.717) is 0 Å². The summed E-state index contributed by atoms with van der Waals surface area (Å²) < 4.78 is 34.1. The molecule has 0 saturated heterocycles. The van der Waals surface area contributed by atoms with Crippen LogP contribution in [0.5, 0.6) is 5.75 Å². The van der Waals surface area contributed by atoms with Crippen LogP contribution >= 0.6 is 0 Å². The van der Waals surface area contributed by atoms with Gasteiger partial charge in [0.1, 0.15) is 13.8 Å². The average Bonchev–Trinajstić information content (AvgIpc) is 2.86. The smallest absolute Gasteiger partial charge is 0.298 e. The first-order valence-corrected chi connectivity index (χ1v) is 18.7. The second kappa shape index (κ2) is 11.6. The number of hydrogen-bond donors (Lipinski definition) is 1. The van der Waals surface area contributed by atoms with E-state index in [1.165, 1.54) is 0 Å². The molecule has 4 rings (SSSR count). The van der Waals surface area contributed by atoms with Crippen LogP contribution in [-0.2, 0) is 21.2 Å². The van der Waals surface area contributed by atoms with Gasteiger partial charge in [-0.05, 0) is 72.6 Å². The number of nitrogens with zero attached hydrogens (tertiary/aromatic N) is 1. The Kier molecular flexibility index (Phi) is 8.71. The molecule has 1 fully saturated rings. The van der Waals surface area contributed by atoms with Crippen LogP contribution in [0.1, 0.15) is 68.2 Å². The van der Waals surface area contributed by atoms with Gasteiger partial charge in [0.2, 0.25) is 10.0 Å². The van der Waals surface area contributed by atoms with E-state index in [4.69, 9.17) is 4.74 Å². The Balaban J connectivity index is 1.78. The molecule has 2 aromatic rings. The third kappa shape index (κ3) is 6.51. The molecule has 6 nitrogen and oxygen atoms in total. The fourth-order valence-corrected chi connectivity index (χ4v) is 6.90. The highest BCUT2D eigenvalue weighted by molar-refractivity contribution is 7.89. The molecule has 1 aliphatic heterocycles. The molecule has 2 atom stereocenters. The van der Waals surface area contributed by atoms with Gasteiger partial charge in [0.05, 0.1) is 18.0 Å². The second-order valence-electron chi connectivity index (χ2n) is 11.5. The van der Waals surface area contributed by atoms with Crippen molar-refractivity contribution in [3.8, 4) is 17.2 Å². The Hall–Kier alpha value is -2.60. The minimum Gasteiger partial charge on any atom is -0.497 e. The highest BCUT2D eigenvalue weighted by atomic mass is 32.2. The van der Waals surface area contributed by atoms with Crippen LogP contribution in [0.4, 0.5) is 0 Å². The van der Waals surface area contributed by atoms with Crippen molar-refractivity contribution in [2.75, 3.05) is 7.11 Å². The van der Waals surface area contributed by atoms with Gasteiger partial charge in [0.15, 0.2) is 0 Å². The third-order valence-corrected chi connectivity index (χ3v) is 9.79. The summed E-state index contributed by atoms with van der Waals surface area (Å²) in [5.74, 6) is 3.62. The molecule has 1 amide bonds. The number of nitrogens with one attached hydrogen (secondary N) is 1. The van der Waals surface area contributed by atoms with Crippen LogP contribution in [0.2, 0.25) is 19.6 Å². The summed E-state index contributed by atoms with van der Waals surface area (Å²) in [7, 11) is -3.67. The van der Waals surface area contributed by atoms with E-state index in [0.717, 1.165) is 67.4 Å². The first kappa shape index (κ1) is 28.4. The molecule has 2 aromatic carbocycles. The predicted octanol–water partition coefficient (Wildman–Crippen LogP) is 5.44. The first-order valence-electron chi connectivity index (χ1n) is 13.7. The Morgan fingerprint density at radius 2 is 1.84 bits per heavy atom. The van der Waals surface area contributed by atoms with Crippen LogP contribution in [0.15, 0.2) is 47.4 Å². The van der Waals surface area contributed by atoms with Crippen LogP contribution in [-0.4, -0.2) is 46.5 Å². The van der Waals surface area contributed by atoms with E-state index >= 15 is 0 Å². The number of fused-ring (bicyclic) bond motifs is 1. The predicted molar refractivity (Wildman–Crippen MR) is 154 cm³/mol. The molecular formula is C30H40N2O4SSi. The van der Waals surface area contributed by atoms with Crippen molar-refractivity contribution in [1.29, 1.82) is 0 Å². The zero-order valence-electron chi connectivity index (χ0n) is 23.2. The quantitative estimate of drug-likeness (QED) is 0.350. The number of unbranched alkanes of at least 4 members (excludes halogenated alkanes) is 1. The lowest BCUT2D eigenvalue weighted by Crippen LogP contribution is -2.47. The van der Waals surface area contributed by atoms with Gasteiger partial charge in [0, 0.05) is 12.1 Å². The van der Waals surface area contributed by atoms with Gasteiger partial charge in [-0.3, -0.25) is 4.79 Å². The Morgan fingerprint density at radius 3 is 2.42 bits per heavy atom. The Labute approximate surface area is 229 Å². The van der Waals surface area contributed by atoms with Crippen LogP contribution in [0.25, 0.3) is 0 Å². The lowest BCUT2D eigenvalue weighted by molar-refractivity contribution is -0.130. The van der Waals surface area contributed by atoms with Crippen molar-refractivity contribution in [1.82, 2.24) is 9.62 Å². The van der Waals surface area contributed by atoms with Gasteiger partial charge in [-0.1, -0.05) is 64.0 Å². The number of amides is 1. The summed E-state index contributed by atoms with van der Waals surface area (Å²) in [5, 5.41) is 0. The molecule has 0 bridgehead atoms. The van der Waals surface area contributed by atoms with Gasteiger partial charge in [-0.15, -0.1) is 5.54 Å². The largest absolute Gasteiger partial charge is 0.497 e. The monoisotopic (exact) mass is 552 g/mol. The minimum atomic E-state index is -3.58. The van der Waals surface area contributed by atoms with Gasteiger partial charge < -0.3 is 9.64 Å². The maximum atomic E-state index is 13.8. The molecule has 0 unspecified atom stereocenters. The van der Waals surface area contributed by atoms with Crippen molar-refractivity contribution in [2.24, 2.45) is 0 Å². The zero-order valence-corrected chi connectivity index (χ0v) is 25.0.